The Labute approximate surface area is 125 Å². The zero-order valence-electron chi connectivity index (χ0n) is 11.6. The van der Waals surface area contributed by atoms with Crippen LogP contribution < -0.4 is 10.5 Å². The summed E-state index contributed by atoms with van der Waals surface area (Å²) in [7, 11) is 0. The second-order valence-electron chi connectivity index (χ2n) is 4.82. The van der Waals surface area contributed by atoms with E-state index in [1.54, 1.807) is 4.57 Å². The van der Waals surface area contributed by atoms with Gasteiger partial charge in [-0.3, -0.25) is 4.57 Å². The Hall–Kier alpha value is -2.41. The molecule has 0 saturated carbocycles. The van der Waals surface area contributed by atoms with Crippen LogP contribution in [0.3, 0.4) is 0 Å². The van der Waals surface area contributed by atoms with E-state index < -0.39 is 18.4 Å². The Morgan fingerprint density at radius 2 is 2.36 bits per heavy atom. The quantitative estimate of drug-likeness (QED) is 0.617. The number of ether oxygens (including phenoxy) is 2. The van der Waals surface area contributed by atoms with Crippen molar-refractivity contribution in [3.05, 3.63) is 6.33 Å². The molecule has 1 saturated heterocycles. The van der Waals surface area contributed by atoms with Gasteiger partial charge in [-0.05, 0) is 0 Å². The van der Waals surface area contributed by atoms with E-state index in [0.29, 0.717) is 17.6 Å². The Morgan fingerprint density at radius 1 is 1.55 bits per heavy atom. The van der Waals surface area contributed by atoms with Crippen molar-refractivity contribution in [2.24, 2.45) is 0 Å². The van der Waals surface area contributed by atoms with Gasteiger partial charge < -0.3 is 25.4 Å². The maximum absolute atomic E-state index is 9.83. The van der Waals surface area contributed by atoms with Gasteiger partial charge in [-0.2, -0.15) is 9.97 Å². The average Bonchev–Trinajstić information content (AvgIpc) is 3.07. The zero-order valence-corrected chi connectivity index (χ0v) is 11.6. The first-order chi connectivity index (χ1) is 10.6. The zero-order chi connectivity index (χ0) is 15.7. The highest BCUT2D eigenvalue weighted by Gasteiger charge is 2.35. The van der Waals surface area contributed by atoms with Gasteiger partial charge in [0.15, 0.2) is 17.8 Å². The van der Waals surface area contributed by atoms with Crippen molar-refractivity contribution < 1.29 is 19.7 Å². The minimum atomic E-state index is -0.760. The van der Waals surface area contributed by atoms with Crippen molar-refractivity contribution in [3.8, 4) is 18.2 Å². The first-order valence-corrected chi connectivity index (χ1v) is 6.64. The van der Waals surface area contributed by atoms with Gasteiger partial charge in [0.05, 0.1) is 19.0 Å². The number of hydrogen-bond donors (Lipinski definition) is 3. The molecule has 0 aliphatic carbocycles. The predicted molar refractivity (Wildman–Crippen MR) is 75.7 cm³/mol. The minimum absolute atomic E-state index is 0.0125. The van der Waals surface area contributed by atoms with Crippen LogP contribution in [-0.4, -0.2) is 55.2 Å². The fourth-order valence-corrected chi connectivity index (χ4v) is 2.38. The van der Waals surface area contributed by atoms with Gasteiger partial charge in [0.1, 0.15) is 12.3 Å². The van der Waals surface area contributed by atoms with Crippen LogP contribution in [0, 0.1) is 12.3 Å². The molecule has 9 nitrogen and oxygen atoms in total. The molecular weight excluding hydrogens is 290 g/mol. The highest BCUT2D eigenvalue weighted by Crippen LogP contribution is 2.32. The topological polar surface area (TPSA) is 129 Å². The summed E-state index contributed by atoms with van der Waals surface area (Å²) >= 11 is 0. The number of hydrogen-bond acceptors (Lipinski definition) is 8. The molecule has 1 fully saturated rings. The van der Waals surface area contributed by atoms with Crippen LogP contribution in [0.5, 0.6) is 5.88 Å². The number of terminal acetylenes is 1. The standard InChI is InChI=1S/C13H15N5O4/c1-2-3-21-12-10-11(16-13(14)17-12)18(6-15-10)9-4-7(20)8(5-19)22-9/h1,6-9,19-20H,3-5H2,(H2,14,16,17)/t7-,8+,9+/m0/s1. The van der Waals surface area contributed by atoms with E-state index in [2.05, 4.69) is 20.9 Å². The van der Waals surface area contributed by atoms with Crippen molar-refractivity contribution in [2.45, 2.75) is 24.9 Å². The largest absolute Gasteiger partial charge is 0.463 e. The highest BCUT2D eigenvalue weighted by molar-refractivity contribution is 5.77. The third-order valence-electron chi connectivity index (χ3n) is 3.39. The molecule has 3 rings (SSSR count). The number of nitrogens with zero attached hydrogens (tertiary/aromatic N) is 4. The molecule has 2 aromatic rings. The second kappa shape index (κ2) is 5.76. The van der Waals surface area contributed by atoms with Gasteiger partial charge in [0.25, 0.3) is 0 Å². The molecule has 22 heavy (non-hydrogen) atoms. The Kier molecular flexibility index (Phi) is 3.81. The fourth-order valence-electron chi connectivity index (χ4n) is 2.38. The number of aliphatic hydroxyl groups excluding tert-OH is 2. The van der Waals surface area contributed by atoms with E-state index in [4.69, 9.17) is 26.7 Å². The SMILES string of the molecule is C#CCOc1nc(N)nc2c1ncn2[C@H]1C[C@H](O)[C@@H](CO)O1. The van der Waals surface area contributed by atoms with Gasteiger partial charge >= 0.3 is 0 Å². The third-order valence-corrected chi connectivity index (χ3v) is 3.39. The summed E-state index contributed by atoms with van der Waals surface area (Å²) in [6.45, 7) is -0.235. The normalized spacial score (nSPS) is 24.5. The van der Waals surface area contributed by atoms with Crippen LogP contribution in [0.2, 0.25) is 0 Å². The van der Waals surface area contributed by atoms with Gasteiger partial charge in [-0.25, -0.2) is 4.98 Å². The number of aromatic nitrogens is 4. The maximum atomic E-state index is 9.83. The number of imidazole rings is 1. The molecule has 1 aliphatic heterocycles. The Bertz CT molecular complexity index is 725. The summed E-state index contributed by atoms with van der Waals surface area (Å²) in [5.41, 5.74) is 6.49. The predicted octanol–water partition coefficient (Wildman–Crippen LogP) is -0.939. The summed E-state index contributed by atoms with van der Waals surface area (Å²) in [6, 6.07) is 0. The van der Waals surface area contributed by atoms with Crippen molar-refractivity contribution in [1.82, 2.24) is 19.5 Å². The number of nitrogen functional groups attached to an aromatic ring is 1. The number of rotatable bonds is 4. The smallest absolute Gasteiger partial charge is 0.248 e. The van der Waals surface area contributed by atoms with E-state index in [9.17, 15) is 5.11 Å². The lowest BCUT2D eigenvalue weighted by Crippen LogP contribution is -2.24. The Balaban J connectivity index is 1.99. The second-order valence-corrected chi connectivity index (χ2v) is 4.82. The molecule has 3 heterocycles. The van der Waals surface area contributed by atoms with Crippen molar-refractivity contribution in [2.75, 3.05) is 18.9 Å². The molecule has 9 heteroatoms. The van der Waals surface area contributed by atoms with Crippen molar-refractivity contribution in [1.29, 1.82) is 0 Å². The molecule has 116 valence electrons. The van der Waals surface area contributed by atoms with Crippen molar-refractivity contribution in [3.63, 3.8) is 0 Å². The fraction of sp³-hybridized carbons (Fsp3) is 0.462. The first kappa shape index (κ1) is 14.5. The first-order valence-electron chi connectivity index (χ1n) is 6.64. The average molecular weight is 305 g/mol. The van der Waals surface area contributed by atoms with Crippen LogP contribution in [-0.2, 0) is 4.74 Å². The summed E-state index contributed by atoms with van der Waals surface area (Å²) in [6.07, 6.45) is 5.06. The van der Waals surface area contributed by atoms with Crippen LogP contribution in [0.15, 0.2) is 6.33 Å². The van der Waals surface area contributed by atoms with E-state index in [1.807, 2.05) is 0 Å². The monoisotopic (exact) mass is 305 g/mol. The van der Waals surface area contributed by atoms with E-state index in [-0.39, 0.29) is 25.0 Å². The number of fused-ring (bicyclic) bond motifs is 1. The summed E-state index contributed by atoms with van der Waals surface area (Å²) < 4.78 is 12.5. The van der Waals surface area contributed by atoms with E-state index in [1.165, 1.54) is 6.33 Å². The molecule has 0 radical (unpaired) electrons. The van der Waals surface area contributed by atoms with Crippen molar-refractivity contribution >= 4 is 17.1 Å². The molecule has 0 amide bonds. The third kappa shape index (κ3) is 2.43. The molecule has 1 aliphatic rings. The van der Waals surface area contributed by atoms with Crippen LogP contribution in [0.25, 0.3) is 11.2 Å². The maximum Gasteiger partial charge on any atom is 0.248 e. The van der Waals surface area contributed by atoms with Gasteiger partial charge in [0.2, 0.25) is 11.8 Å². The molecule has 0 aromatic carbocycles. The lowest BCUT2D eigenvalue weighted by molar-refractivity contribution is -0.0432. The lowest BCUT2D eigenvalue weighted by atomic mass is 10.2. The summed E-state index contributed by atoms with van der Waals surface area (Å²) in [4.78, 5) is 12.3. The van der Waals surface area contributed by atoms with Crippen LogP contribution in [0.4, 0.5) is 5.95 Å². The molecule has 0 unspecified atom stereocenters. The van der Waals surface area contributed by atoms with Crippen LogP contribution in [0.1, 0.15) is 12.6 Å². The Morgan fingerprint density at radius 3 is 3.05 bits per heavy atom. The number of aliphatic hydroxyl groups is 2. The molecular formula is C13H15N5O4. The highest BCUT2D eigenvalue weighted by atomic mass is 16.5. The summed E-state index contributed by atoms with van der Waals surface area (Å²) in [5.74, 6) is 2.54. The van der Waals surface area contributed by atoms with Crippen LogP contribution >= 0.6 is 0 Å². The van der Waals surface area contributed by atoms with Gasteiger partial charge in [0, 0.05) is 6.42 Å². The molecule has 0 spiro atoms. The minimum Gasteiger partial charge on any atom is -0.463 e. The van der Waals surface area contributed by atoms with E-state index in [0.717, 1.165) is 0 Å². The molecule has 2 aromatic heterocycles. The van der Waals surface area contributed by atoms with Gasteiger partial charge in [-0.1, -0.05) is 5.92 Å². The number of nitrogens with two attached hydrogens (primary N) is 1. The summed E-state index contributed by atoms with van der Waals surface area (Å²) in [5, 5.41) is 19.0. The molecule has 4 N–H and O–H groups in total. The molecule has 3 atom stereocenters. The number of anilines is 1. The van der Waals surface area contributed by atoms with E-state index >= 15 is 0 Å². The lowest BCUT2D eigenvalue weighted by Gasteiger charge is -2.13. The van der Waals surface area contributed by atoms with Gasteiger partial charge in [-0.15, -0.1) is 6.42 Å². The molecule has 0 bridgehead atoms.